The van der Waals surface area contributed by atoms with Gasteiger partial charge in [0, 0.05) is 31.7 Å². The molecule has 1 rings (SSSR count). The first-order chi connectivity index (χ1) is 5.63. The maximum Gasteiger partial charge on any atom is 0.0664 e. The molecule has 3 heteroatoms. The highest BCUT2D eigenvalue weighted by atomic mass is 16.3. The van der Waals surface area contributed by atoms with Crippen molar-refractivity contribution in [2.45, 2.75) is 39.0 Å². The van der Waals surface area contributed by atoms with E-state index in [2.05, 4.69) is 24.1 Å². The average Bonchev–Trinajstić information content (AvgIpc) is 2.04. The van der Waals surface area contributed by atoms with Crippen molar-refractivity contribution in [2.24, 2.45) is 0 Å². The lowest BCUT2D eigenvalue weighted by Crippen LogP contribution is -2.55. The number of aliphatic hydroxyl groups excluding tert-OH is 1. The van der Waals surface area contributed by atoms with Gasteiger partial charge in [0.25, 0.3) is 0 Å². The first-order valence-corrected chi connectivity index (χ1v) is 4.77. The summed E-state index contributed by atoms with van der Waals surface area (Å²) in [5.41, 5.74) is 0. The van der Waals surface area contributed by atoms with Crippen LogP contribution in [-0.4, -0.2) is 47.8 Å². The summed E-state index contributed by atoms with van der Waals surface area (Å²) >= 11 is 0. The third-order valence-corrected chi connectivity index (χ3v) is 2.77. The topological polar surface area (TPSA) is 35.5 Å². The van der Waals surface area contributed by atoms with Crippen molar-refractivity contribution in [3.63, 3.8) is 0 Å². The summed E-state index contributed by atoms with van der Waals surface area (Å²) in [6, 6.07) is 0.824. The average molecular weight is 172 g/mol. The maximum absolute atomic E-state index is 9.43. The van der Waals surface area contributed by atoms with Crippen LogP contribution >= 0.6 is 0 Å². The molecule has 1 fully saturated rings. The highest BCUT2D eigenvalue weighted by molar-refractivity contribution is 4.82. The quantitative estimate of drug-likeness (QED) is 0.618. The minimum atomic E-state index is -0.231. The van der Waals surface area contributed by atoms with E-state index in [1.54, 1.807) is 0 Å². The first kappa shape index (κ1) is 9.96. The zero-order valence-corrected chi connectivity index (χ0v) is 8.25. The summed E-state index contributed by atoms with van der Waals surface area (Å²) in [4.78, 5) is 2.36. The fourth-order valence-corrected chi connectivity index (χ4v) is 1.74. The van der Waals surface area contributed by atoms with E-state index in [9.17, 15) is 5.11 Å². The smallest absolute Gasteiger partial charge is 0.0664 e. The van der Waals surface area contributed by atoms with Crippen LogP contribution in [0.15, 0.2) is 0 Å². The summed E-state index contributed by atoms with van der Waals surface area (Å²) in [6.07, 6.45) is -0.231. The number of nitrogens with one attached hydrogen (secondary N) is 1. The van der Waals surface area contributed by atoms with Gasteiger partial charge in [-0.25, -0.2) is 0 Å². The van der Waals surface area contributed by atoms with Gasteiger partial charge in [-0.1, -0.05) is 0 Å². The van der Waals surface area contributed by atoms with Crippen LogP contribution in [0.25, 0.3) is 0 Å². The number of rotatable bonds is 2. The maximum atomic E-state index is 9.43. The SMILES string of the molecule is CC(O)C(C)N1CCNC[C@H]1C. The summed E-state index contributed by atoms with van der Waals surface area (Å²) in [7, 11) is 0. The zero-order chi connectivity index (χ0) is 9.14. The third-order valence-electron chi connectivity index (χ3n) is 2.77. The Bertz CT molecular complexity index is 138. The molecule has 0 bridgehead atoms. The molecule has 1 heterocycles. The van der Waals surface area contributed by atoms with Crippen LogP contribution in [0.1, 0.15) is 20.8 Å². The molecular weight excluding hydrogens is 152 g/mol. The van der Waals surface area contributed by atoms with Crippen molar-refractivity contribution < 1.29 is 5.11 Å². The summed E-state index contributed by atoms with van der Waals surface area (Å²) in [5, 5.41) is 12.8. The number of nitrogens with zero attached hydrogens (tertiary/aromatic N) is 1. The lowest BCUT2D eigenvalue weighted by Gasteiger charge is -2.39. The minimum Gasteiger partial charge on any atom is -0.392 e. The summed E-state index contributed by atoms with van der Waals surface area (Å²) in [5.74, 6) is 0. The Labute approximate surface area is 74.8 Å². The number of aliphatic hydroxyl groups is 1. The molecule has 3 nitrogen and oxygen atoms in total. The fraction of sp³-hybridized carbons (Fsp3) is 1.00. The predicted molar refractivity (Wildman–Crippen MR) is 50.2 cm³/mol. The second-order valence-electron chi connectivity index (χ2n) is 3.77. The van der Waals surface area contributed by atoms with Crippen LogP contribution in [-0.2, 0) is 0 Å². The summed E-state index contributed by atoms with van der Waals surface area (Å²) in [6.45, 7) is 9.28. The van der Waals surface area contributed by atoms with Gasteiger partial charge in [0.05, 0.1) is 6.10 Å². The van der Waals surface area contributed by atoms with Crippen molar-refractivity contribution in [1.82, 2.24) is 10.2 Å². The van der Waals surface area contributed by atoms with E-state index in [4.69, 9.17) is 0 Å². The molecule has 0 aromatic heterocycles. The molecule has 72 valence electrons. The molecule has 1 aliphatic rings. The van der Waals surface area contributed by atoms with E-state index in [1.165, 1.54) is 0 Å². The Hall–Kier alpha value is -0.120. The molecule has 2 unspecified atom stereocenters. The normalized spacial score (nSPS) is 31.5. The molecule has 1 aliphatic heterocycles. The van der Waals surface area contributed by atoms with Crippen molar-refractivity contribution in [2.75, 3.05) is 19.6 Å². The van der Waals surface area contributed by atoms with E-state index in [1.807, 2.05) is 6.92 Å². The van der Waals surface area contributed by atoms with Gasteiger partial charge in [0.2, 0.25) is 0 Å². The molecule has 0 radical (unpaired) electrons. The zero-order valence-electron chi connectivity index (χ0n) is 8.25. The standard InChI is InChI=1S/C9H20N2O/c1-7-6-10-4-5-11(7)8(2)9(3)12/h7-10,12H,4-6H2,1-3H3/t7-,8?,9?/m1/s1. The number of piperazine rings is 1. The summed E-state index contributed by atoms with van der Waals surface area (Å²) < 4.78 is 0. The molecule has 2 N–H and O–H groups in total. The Balaban J connectivity index is 2.47. The molecule has 0 aromatic carbocycles. The second-order valence-corrected chi connectivity index (χ2v) is 3.77. The van der Waals surface area contributed by atoms with Gasteiger partial charge in [-0.2, -0.15) is 0 Å². The van der Waals surface area contributed by atoms with Crippen molar-refractivity contribution in [1.29, 1.82) is 0 Å². The van der Waals surface area contributed by atoms with Crippen LogP contribution in [0.3, 0.4) is 0 Å². The molecular formula is C9H20N2O. The lowest BCUT2D eigenvalue weighted by molar-refractivity contribution is 0.0366. The Morgan fingerprint density at radius 3 is 2.67 bits per heavy atom. The highest BCUT2D eigenvalue weighted by Gasteiger charge is 2.25. The van der Waals surface area contributed by atoms with E-state index in [0.717, 1.165) is 19.6 Å². The van der Waals surface area contributed by atoms with Gasteiger partial charge in [0.1, 0.15) is 0 Å². The van der Waals surface area contributed by atoms with Crippen LogP contribution in [0.5, 0.6) is 0 Å². The van der Waals surface area contributed by atoms with Gasteiger partial charge in [-0.15, -0.1) is 0 Å². The molecule has 12 heavy (non-hydrogen) atoms. The van der Waals surface area contributed by atoms with Gasteiger partial charge in [-0.3, -0.25) is 4.90 Å². The van der Waals surface area contributed by atoms with E-state index >= 15 is 0 Å². The largest absolute Gasteiger partial charge is 0.392 e. The molecule has 0 spiro atoms. The van der Waals surface area contributed by atoms with Gasteiger partial charge < -0.3 is 10.4 Å². The third kappa shape index (κ3) is 2.19. The minimum absolute atomic E-state index is 0.231. The van der Waals surface area contributed by atoms with Crippen molar-refractivity contribution >= 4 is 0 Å². The molecule has 3 atom stereocenters. The van der Waals surface area contributed by atoms with Crippen LogP contribution in [0.2, 0.25) is 0 Å². The molecule has 0 saturated carbocycles. The van der Waals surface area contributed by atoms with Crippen molar-refractivity contribution in [3.05, 3.63) is 0 Å². The van der Waals surface area contributed by atoms with Gasteiger partial charge >= 0.3 is 0 Å². The molecule has 0 amide bonds. The second kappa shape index (κ2) is 4.21. The van der Waals surface area contributed by atoms with Gasteiger partial charge in [0.15, 0.2) is 0 Å². The van der Waals surface area contributed by atoms with E-state index in [-0.39, 0.29) is 12.1 Å². The Morgan fingerprint density at radius 1 is 1.50 bits per heavy atom. The number of hydrogen-bond acceptors (Lipinski definition) is 3. The predicted octanol–water partition coefficient (Wildman–Crippen LogP) is 0.0494. The van der Waals surface area contributed by atoms with Crippen LogP contribution in [0.4, 0.5) is 0 Å². The molecule has 0 aliphatic carbocycles. The highest BCUT2D eigenvalue weighted by Crippen LogP contribution is 2.10. The van der Waals surface area contributed by atoms with E-state index < -0.39 is 0 Å². The van der Waals surface area contributed by atoms with Crippen molar-refractivity contribution in [3.8, 4) is 0 Å². The van der Waals surface area contributed by atoms with E-state index in [0.29, 0.717) is 6.04 Å². The Kier molecular flexibility index (Phi) is 3.50. The lowest BCUT2D eigenvalue weighted by atomic mass is 10.1. The van der Waals surface area contributed by atoms with Crippen LogP contribution in [0, 0.1) is 0 Å². The monoisotopic (exact) mass is 172 g/mol. The van der Waals surface area contributed by atoms with Gasteiger partial charge in [-0.05, 0) is 20.8 Å². The fourth-order valence-electron chi connectivity index (χ4n) is 1.74. The number of hydrogen-bond donors (Lipinski definition) is 2. The Morgan fingerprint density at radius 2 is 2.17 bits per heavy atom. The molecule has 1 saturated heterocycles. The molecule has 0 aromatic rings. The first-order valence-electron chi connectivity index (χ1n) is 4.77. The van der Waals surface area contributed by atoms with Crippen LogP contribution < -0.4 is 5.32 Å².